The molecule has 28 heavy (non-hydrogen) atoms. The highest BCUT2D eigenvalue weighted by Crippen LogP contribution is 2.31. The number of anilines is 1. The Balaban J connectivity index is 1.89. The molecule has 0 saturated heterocycles. The summed E-state index contributed by atoms with van der Waals surface area (Å²) >= 11 is 0. The summed E-state index contributed by atoms with van der Waals surface area (Å²) in [4.78, 5) is 13.0. The molecule has 3 N–H and O–H groups in total. The quantitative estimate of drug-likeness (QED) is 0.679. The summed E-state index contributed by atoms with van der Waals surface area (Å²) < 4.78 is 29.7. The van der Waals surface area contributed by atoms with Crippen molar-refractivity contribution in [1.82, 2.24) is 19.5 Å². The fourth-order valence-corrected chi connectivity index (χ4v) is 3.20. The SMILES string of the molecule is CCCn1c(-c2cc(F)ccc2F)nc2c(N)nc(C#CC3(O)CCC3)nc21. The second-order valence-corrected chi connectivity index (χ2v) is 6.95. The number of imidazole rings is 1. The first kappa shape index (κ1) is 18.3. The van der Waals surface area contributed by atoms with Crippen molar-refractivity contribution in [2.75, 3.05) is 5.73 Å². The average Bonchev–Trinajstić information content (AvgIpc) is 3.00. The van der Waals surface area contributed by atoms with Crippen molar-refractivity contribution < 1.29 is 13.9 Å². The van der Waals surface area contributed by atoms with Gasteiger partial charge in [-0.3, -0.25) is 0 Å². The molecule has 0 radical (unpaired) electrons. The van der Waals surface area contributed by atoms with E-state index in [1.54, 1.807) is 4.57 Å². The Morgan fingerprint density at radius 3 is 2.71 bits per heavy atom. The van der Waals surface area contributed by atoms with Crippen LogP contribution in [0.4, 0.5) is 14.6 Å². The van der Waals surface area contributed by atoms with E-state index in [0.717, 1.165) is 31.0 Å². The zero-order chi connectivity index (χ0) is 19.9. The summed E-state index contributed by atoms with van der Waals surface area (Å²) in [5, 5.41) is 10.1. The molecule has 6 nitrogen and oxygen atoms in total. The summed E-state index contributed by atoms with van der Waals surface area (Å²) in [6.07, 6.45) is 2.89. The second kappa shape index (κ2) is 6.84. The Bertz CT molecular complexity index is 1130. The molecule has 1 fully saturated rings. The Morgan fingerprint density at radius 1 is 1.25 bits per heavy atom. The standard InChI is InChI=1S/C20H19F2N5O/c1-2-10-27-18(13-11-12(21)4-5-14(13)22)26-16-17(23)24-15(25-19(16)27)6-9-20(28)7-3-8-20/h4-5,11,28H,2-3,7-8,10H2,1H3,(H2,23,24,25). The molecule has 1 saturated carbocycles. The van der Waals surface area contributed by atoms with Crippen LogP contribution in [0.2, 0.25) is 0 Å². The van der Waals surface area contributed by atoms with E-state index in [0.29, 0.717) is 30.6 Å². The Morgan fingerprint density at radius 2 is 2.04 bits per heavy atom. The van der Waals surface area contributed by atoms with E-state index in [4.69, 9.17) is 5.73 Å². The molecular weight excluding hydrogens is 364 g/mol. The van der Waals surface area contributed by atoms with Crippen LogP contribution in [-0.4, -0.2) is 30.2 Å². The van der Waals surface area contributed by atoms with Gasteiger partial charge in [0.1, 0.15) is 23.1 Å². The van der Waals surface area contributed by atoms with Crippen LogP contribution < -0.4 is 5.73 Å². The lowest BCUT2D eigenvalue weighted by molar-refractivity contribution is 0.0239. The number of nitrogens with two attached hydrogens (primary N) is 1. The van der Waals surface area contributed by atoms with Crippen LogP contribution in [-0.2, 0) is 6.54 Å². The van der Waals surface area contributed by atoms with Crippen molar-refractivity contribution in [3.05, 3.63) is 35.7 Å². The highest BCUT2D eigenvalue weighted by Gasteiger charge is 2.32. The number of halogens is 2. The molecule has 2 heterocycles. The molecule has 2 aromatic heterocycles. The van der Waals surface area contributed by atoms with Gasteiger partial charge in [0.2, 0.25) is 5.82 Å². The first-order valence-electron chi connectivity index (χ1n) is 9.15. The number of hydrogen-bond acceptors (Lipinski definition) is 5. The van der Waals surface area contributed by atoms with Gasteiger partial charge in [-0.15, -0.1) is 0 Å². The summed E-state index contributed by atoms with van der Waals surface area (Å²) in [5.41, 5.74) is 5.79. The predicted molar refractivity (Wildman–Crippen MR) is 101 cm³/mol. The van der Waals surface area contributed by atoms with E-state index in [-0.39, 0.29) is 23.0 Å². The zero-order valence-electron chi connectivity index (χ0n) is 15.3. The number of hydrogen-bond donors (Lipinski definition) is 2. The third-order valence-corrected chi connectivity index (χ3v) is 4.83. The summed E-state index contributed by atoms with van der Waals surface area (Å²) in [6, 6.07) is 3.21. The lowest BCUT2D eigenvalue weighted by Gasteiger charge is -2.30. The minimum atomic E-state index is -0.993. The fourth-order valence-electron chi connectivity index (χ4n) is 3.20. The number of nitrogens with zero attached hydrogens (tertiary/aromatic N) is 4. The number of fused-ring (bicyclic) bond motifs is 1. The number of aryl methyl sites for hydroxylation is 1. The van der Waals surface area contributed by atoms with E-state index in [1.165, 1.54) is 0 Å². The smallest absolute Gasteiger partial charge is 0.209 e. The fraction of sp³-hybridized carbons (Fsp3) is 0.350. The topological polar surface area (TPSA) is 89.9 Å². The van der Waals surface area contributed by atoms with E-state index >= 15 is 0 Å². The molecule has 0 unspecified atom stereocenters. The maximum atomic E-state index is 14.3. The van der Waals surface area contributed by atoms with Crippen molar-refractivity contribution in [2.24, 2.45) is 0 Å². The number of benzene rings is 1. The Hall–Kier alpha value is -3.05. The molecule has 144 valence electrons. The summed E-state index contributed by atoms with van der Waals surface area (Å²) in [7, 11) is 0. The molecule has 0 atom stereocenters. The van der Waals surface area contributed by atoms with Gasteiger partial charge in [0.25, 0.3) is 0 Å². The van der Waals surface area contributed by atoms with Gasteiger partial charge in [0.15, 0.2) is 17.0 Å². The third kappa shape index (κ3) is 3.18. The van der Waals surface area contributed by atoms with Gasteiger partial charge in [-0.2, -0.15) is 0 Å². The Kier molecular flexibility index (Phi) is 4.47. The van der Waals surface area contributed by atoms with Crippen molar-refractivity contribution >= 4 is 17.0 Å². The van der Waals surface area contributed by atoms with Gasteiger partial charge < -0.3 is 15.4 Å². The maximum Gasteiger partial charge on any atom is 0.209 e. The van der Waals surface area contributed by atoms with Crippen molar-refractivity contribution in [1.29, 1.82) is 0 Å². The van der Waals surface area contributed by atoms with Crippen molar-refractivity contribution in [3.8, 4) is 23.2 Å². The van der Waals surface area contributed by atoms with Crippen LogP contribution in [0, 0.1) is 23.5 Å². The van der Waals surface area contributed by atoms with Gasteiger partial charge in [-0.25, -0.2) is 23.7 Å². The highest BCUT2D eigenvalue weighted by atomic mass is 19.1. The molecule has 1 aromatic carbocycles. The van der Waals surface area contributed by atoms with E-state index in [1.807, 2.05) is 6.92 Å². The minimum Gasteiger partial charge on any atom is -0.382 e. The molecule has 3 aromatic rings. The van der Waals surface area contributed by atoms with Crippen LogP contribution in [0.3, 0.4) is 0 Å². The lowest BCUT2D eigenvalue weighted by Crippen LogP contribution is -2.34. The zero-order valence-corrected chi connectivity index (χ0v) is 15.3. The number of aliphatic hydroxyl groups is 1. The van der Waals surface area contributed by atoms with Gasteiger partial charge in [0, 0.05) is 6.54 Å². The average molecular weight is 383 g/mol. The number of aromatic nitrogens is 4. The highest BCUT2D eigenvalue weighted by molar-refractivity contribution is 5.86. The number of nitrogen functional groups attached to an aromatic ring is 1. The summed E-state index contributed by atoms with van der Waals surface area (Å²) in [6.45, 7) is 2.43. The molecule has 0 aliphatic heterocycles. The Labute approximate surface area is 160 Å². The van der Waals surface area contributed by atoms with Crippen LogP contribution >= 0.6 is 0 Å². The normalized spacial score (nSPS) is 15.1. The first-order valence-corrected chi connectivity index (χ1v) is 9.15. The van der Waals surface area contributed by atoms with Gasteiger partial charge in [-0.05, 0) is 49.8 Å². The van der Waals surface area contributed by atoms with E-state index in [9.17, 15) is 13.9 Å². The van der Waals surface area contributed by atoms with E-state index < -0.39 is 17.2 Å². The number of rotatable bonds is 3. The molecule has 4 rings (SSSR count). The second-order valence-electron chi connectivity index (χ2n) is 6.95. The van der Waals surface area contributed by atoms with Gasteiger partial charge in [0.05, 0.1) is 5.56 Å². The molecule has 8 heteroatoms. The third-order valence-electron chi connectivity index (χ3n) is 4.83. The summed E-state index contributed by atoms with van der Waals surface area (Å²) in [5.74, 6) is 4.92. The molecule has 0 amide bonds. The van der Waals surface area contributed by atoms with E-state index in [2.05, 4.69) is 26.8 Å². The minimum absolute atomic E-state index is 0.0299. The monoisotopic (exact) mass is 383 g/mol. The van der Waals surface area contributed by atoms with Crippen LogP contribution in [0.15, 0.2) is 18.2 Å². The molecule has 0 bridgehead atoms. The van der Waals surface area contributed by atoms with Gasteiger partial charge in [-0.1, -0.05) is 12.8 Å². The van der Waals surface area contributed by atoms with Crippen LogP contribution in [0.25, 0.3) is 22.6 Å². The van der Waals surface area contributed by atoms with Crippen LogP contribution in [0.1, 0.15) is 38.4 Å². The largest absolute Gasteiger partial charge is 0.382 e. The van der Waals surface area contributed by atoms with Gasteiger partial charge >= 0.3 is 0 Å². The van der Waals surface area contributed by atoms with Crippen molar-refractivity contribution in [3.63, 3.8) is 0 Å². The molecule has 0 spiro atoms. The first-order chi connectivity index (χ1) is 13.4. The lowest BCUT2D eigenvalue weighted by atomic mass is 9.81. The molecule has 1 aliphatic carbocycles. The molecule has 1 aliphatic rings. The van der Waals surface area contributed by atoms with Crippen LogP contribution in [0.5, 0.6) is 0 Å². The van der Waals surface area contributed by atoms with Crippen molar-refractivity contribution in [2.45, 2.75) is 44.8 Å². The maximum absolute atomic E-state index is 14.3. The predicted octanol–water partition coefficient (Wildman–Crippen LogP) is 3.03. The molecular formula is C20H19F2N5O.